The van der Waals surface area contributed by atoms with Crippen LogP contribution >= 0.6 is 0 Å². The van der Waals surface area contributed by atoms with E-state index in [-0.39, 0.29) is 112 Å². The molecule has 5 aromatic rings. The topological polar surface area (TPSA) is 427 Å². The Labute approximate surface area is 796 Å². The fraction of sp³-hybridized carbons (Fsp3) is 0.590. The number of ether oxygens (including phenoxy) is 8. The summed E-state index contributed by atoms with van der Waals surface area (Å²) in [6.45, 7) is 20.3. The maximum atomic E-state index is 16.0. The molecule has 5 fully saturated rings. The fourth-order valence-electron chi connectivity index (χ4n) is 19.2. The van der Waals surface area contributed by atoms with Crippen LogP contribution in [0.4, 0.5) is 22.1 Å². The lowest BCUT2D eigenvalue weighted by molar-refractivity contribution is -0.265. The van der Waals surface area contributed by atoms with Gasteiger partial charge in [0, 0.05) is 185 Å². The van der Waals surface area contributed by atoms with E-state index in [1.54, 1.807) is 65.7 Å². The number of aliphatic hydroxyl groups excluding tert-OH is 2. The number of cyclic esters (lactones) is 1. The van der Waals surface area contributed by atoms with Crippen LogP contribution in [0.5, 0.6) is 5.75 Å². The number of carbonyl (C=O) groups excluding carboxylic acids is 8. The van der Waals surface area contributed by atoms with Crippen molar-refractivity contribution in [3.63, 3.8) is 0 Å². The lowest BCUT2D eigenvalue weighted by Gasteiger charge is -2.43. The zero-order chi connectivity index (χ0) is 97.7. The standard InChI is InChI=1S/C100H136FN13O21S/c1-62-17-13-12-14-18-63(2)82(128-9)54-76-25-20-68(7)100(125,135-76)93(120)96(123)114-34-16-15-19-78(114)97(124)134-83(55-79(115)64(3)50-67(6)91(119)92(130-11)90(118)66(5)49-62)65(4)51-70-21-27-81(84(52-70)129-10)133-88(117)31-22-71-56-105-98(106-57-71)112-41-39-110(40-42-112)87(116)32-45-131-46-43-109-35-37-111(38-36-109)99-107-59-75(60-108-99)94(121)103-33-48-136(126,127)85-29-26-77(69(8)89(85)101)95(122)113-44-47-132-80-28-23-72(53-74(80)61-113)73-24-30-86(102)104-58-73/h12-14,17-18,23-24,26,28-30,50,53,56-60,62,64-66,68,70,76,78-79,81-84,91-92,115,119,125H,15-16,19-22,25,27,31-49,51-52,54-55,61H2,1-11H3,(H2,102,104)(H,103,121)/b14-12+,17-13+,63-18+,67-50+/t62-,64-,65-,66-,68-,70+,76+,78+,79-,81-,82+,83+,84-,91-,92+,100-/m1/s1. The van der Waals surface area contributed by atoms with Gasteiger partial charge in [0.15, 0.2) is 15.6 Å². The minimum atomic E-state index is -4.27. The number of methoxy groups -OCH3 is 3. The lowest BCUT2D eigenvalue weighted by atomic mass is 9.78. The average Bonchev–Trinajstić information content (AvgIpc) is 0.824. The molecule has 0 radical (unpaired) electrons. The molecule has 4 amide bonds. The minimum Gasteiger partial charge on any atom is -0.491 e. The minimum absolute atomic E-state index is 0.00993. The summed E-state index contributed by atoms with van der Waals surface area (Å²) in [7, 11) is 0.257. The van der Waals surface area contributed by atoms with Crippen molar-refractivity contribution in [3.05, 3.63) is 155 Å². The van der Waals surface area contributed by atoms with Crippen molar-refractivity contribution >= 4 is 74.7 Å². The SMILES string of the molecule is CO[C@H]1C[C@@H]2CC[C@@H](C)[C@@](O)(O2)C(=O)C(=O)N2CCCC[C@H]2C(=O)O[C@H]([C@H](C)C[C@@H]2CC[C@@H](OC(=O)CCc3cnc(N4CCN(C(=O)CCOCCN5CCN(c6ncc(C(=O)NCCS(=O)(=O)c7ccc(C(=O)N8CCOc9ccc(-c%10ccc(N)nc%10)cc9C8)c(C)c7F)cn6)CC5)CC4)nc3)[C@H](OC)C2)C[C@@H](O)[C@H](C)/C=C(\C)[C@@H](O)[C@@H](OC)C(=O)[C@H](C)C[C@H](C)/C=C/C=C/C=C/1C. The third-order valence-corrected chi connectivity index (χ3v) is 29.5. The second kappa shape index (κ2) is 48.7. The van der Waals surface area contributed by atoms with Gasteiger partial charge in [-0.05, 0) is 173 Å². The van der Waals surface area contributed by atoms with Gasteiger partial charge in [-0.25, -0.2) is 42.5 Å². The highest BCUT2D eigenvalue weighted by atomic mass is 32.2. The number of aromatic nitrogens is 5. The van der Waals surface area contributed by atoms with Gasteiger partial charge in [-0.15, -0.1) is 0 Å². The van der Waals surface area contributed by atoms with Gasteiger partial charge in [0.25, 0.3) is 23.5 Å². The maximum absolute atomic E-state index is 16.0. The van der Waals surface area contributed by atoms with Gasteiger partial charge >= 0.3 is 11.9 Å². The predicted molar refractivity (Wildman–Crippen MR) is 505 cm³/mol. The smallest absolute Gasteiger partial charge is 0.329 e. The number of nitrogens with one attached hydrogen (secondary N) is 1. The largest absolute Gasteiger partial charge is 0.491 e. The highest BCUT2D eigenvalue weighted by molar-refractivity contribution is 7.91. The van der Waals surface area contributed by atoms with E-state index in [1.807, 2.05) is 97.0 Å². The number of nitrogen functional groups attached to an aromatic ring is 1. The molecule has 3 aromatic heterocycles. The molecule has 740 valence electrons. The molecule has 36 heteroatoms. The van der Waals surface area contributed by atoms with Crippen LogP contribution in [0.1, 0.15) is 176 Å². The first kappa shape index (κ1) is 104. The quantitative estimate of drug-likeness (QED) is 0.0157. The second-order valence-corrected chi connectivity index (χ2v) is 39.5. The number of nitrogens with two attached hydrogens (primary N) is 1. The van der Waals surface area contributed by atoms with Gasteiger partial charge in [0.2, 0.25) is 23.6 Å². The first-order chi connectivity index (χ1) is 65.1. The number of aliphatic hydroxyl groups is 3. The zero-order valence-corrected chi connectivity index (χ0v) is 81.0. The van der Waals surface area contributed by atoms with Crippen LogP contribution in [-0.2, 0) is 84.7 Å². The van der Waals surface area contributed by atoms with Crippen molar-refractivity contribution in [2.24, 2.45) is 35.5 Å². The average molecular weight is 1910 g/mol. The third-order valence-electron chi connectivity index (χ3n) is 27.7. The van der Waals surface area contributed by atoms with Crippen LogP contribution in [0.25, 0.3) is 11.1 Å². The number of amides is 4. The number of hydrogen-bond donors (Lipinski definition) is 5. The summed E-state index contributed by atoms with van der Waals surface area (Å²) in [5.41, 5.74) is 10.2. The molecule has 136 heavy (non-hydrogen) atoms. The number of halogens is 1. The van der Waals surface area contributed by atoms with Gasteiger partial charge < -0.3 is 88.8 Å². The number of ketones is 2. The summed E-state index contributed by atoms with van der Waals surface area (Å²) < 4.78 is 91.4. The monoisotopic (exact) mass is 1910 g/mol. The predicted octanol–water partition coefficient (Wildman–Crippen LogP) is 8.94. The Kier molecular flexibility index (Phi) is 37.5. The van der Waals surface area contributed by atoms with E-state index in [2.05, 4.69) is 35.1 Å². The fourth-order valence-corrected chi connectivity index (χ4v) is 20.5. The normalized spacial score (nSPS) is 28.0. The van der Waals surface area contributed by atoms with E-state index >= 15 is 4.39 Å². The molecule has 1 aliphatic carbocycles. The number of esters is 2. The second-order valence-electron chi connectivity index (χ2n) is 37.5. The third kappa shape index (κ3) is 27.1. The number of aryl methyl sites for hydroxylation is 1. The maximum Gasteiger partial charge on any atom is 0.329 e. The van der Waals surface area contributed by atoms with Crippen molar-refractivity contribution in [3.8, 4) is 16.9 Å². The molecule has 6 aliphatic heterocycles. The summed E-state index contributed by atoms with van der Waals surface area (Å²) in [5.74, 6) is -9.32. The molecule has 6 N–H and O–H groups in total. The number of allylic oxidation sites excluding steroid dienone is 5. The number of piperidine rings is 1. The number of piperazine rings is 2. The molecule has 0 spiro atoms. The van der Waals surface area contributed by atoms with Crippen LogP contribution in [-0.4, -0.2) is 301 Å². The number of sulfone groups is 1. The summed E-state index contributed by atoms with van der Waals surface area (Å²) in [6, 6.07) is 10.3. The summed E-state index contributed by atoms with van der Waals surface area (Å²) >= 11 is 0. The molecule has 4 saturated heterocycles. The number of nitrogens with zero attached hydrogens (tertiary/aromatic N) is 11. The van der Waals surface area contributed by atoms with Crippen LogP contribution in [0.2, 0.25) is 0 Å². The Hall–Kier alpha value is -10.4. The van der Waals surface area contributed by atoms with Gasteiger partial charge in [-0.1, -0.05) is 77.1 Å². The van der Waals surface area contributed by atoms with Crippen LogP contribution < -0.4 is 25.6 Å². The molecular weight excluding hydrogens is 1770 g/mol. The van der Waals surface area contributed by atoms with Crippen molar-refractivity contribution in [1.29, 1.82) is 0 Å². The Morgan fingerprint density at radius 3 is 2.13 bits per heavy atom. The summed E-state index contributed by atoms with van der Waals surface area (Å²) in [4.78, 5) is 145. The highest BCUT2D eigenvalue weighted by Gasteiger charge is 2.54. The zero-order valence-electron chi connectivity index (χ0n) is 80.2. The molecule has 7 aliphatic rings. The van der Waals surface area contributed by atoms with Crippen LogP contribution in [0.15, 0.2) is 126 Å². The number of fused-ring (bicyclic) bond motifs is 4. The molecule has 0 unspecified atom stereocenters. The van der Waals surface area contributed by atoms with Crippen molar-refractivity contribution in [1.82, 2.24) is 49.8 Å². The highest BCUT2D eigenvalue weighted by Crippen LogP contribution is 2.40. The Bertz CT molecular complexity index is 5190. The Morgan fingerprint density at radius 1 is 0.721 bits per heavy atom. The Morgan fingerprint density at radius 2 is 1.43 bits per heavy atom. The van der Waals surface area contributed by atoms with Gasteiger partial charge in [0.1, 0.15) is 59.3 Å². The molecular formula is C100H136FN13O21S. The number of benzene rings is 2. The van der Waals surface area contributed by atoms with Crippen LogP contribution in [0.3, 0.4) is 0 Å². The number of rotatable bonds is 25. The van der Waals surface area contributed by atoms with Gasteiger partial charge in [0.05, 0.1) is 61.9 Å². The molecule has 16 atom stereocenters. The first-order valence-corrected chi connectivity index (χ1v) is 49.4. The lowest BCUT2D eigenvalue weighted by Crippen LogP contribution is -2.61. The van der Waals surface area contributed by atoms with E-state index in [0.717, 1.165) is 33.9 Å². The molecule has 12 rings (SSSR count). The molecule has 1 saturated carbocycles. The molecule has 2 bridgehead atoms. The van der Waals surface area contributed by atoms with Gasteiger partial charge in [-0.3, -0.25) is 38.5 Å². The number of anilines is 3. The number of hydrogen-bond acceptors (Lipinski definition) is 30. The number of carbonyl (C=O) groups is 8. The van der Waals surface area contributed by atoms with Crippen molar-refractivity contribution < 1.29 is 104 Å². The first-order valence-electron chi connectivity index (χ1n) is 47.8. The van der Waals surface area contributed by atoms with Crippen molar-refractivity contribution in [2.45, 2.75) is 224 Å². The van der Waals surface area contributed by atoms with Gasteiger partial charge in [-0.2, -0.15) is 0 Å². The molecule has 2 aromatic carbocycles. The van der Waals surface area contributed by atoms with Crippen LogP contribution in [0, 0.1) is 48.2 Å². The summed E-state index contributed by atoms with van der Waals surface area (Å²) in [6.07, 6.45) is 17.7. The Balaban J connectivity index is 0.550. The molecule has 9 heterocycles. The van der Waals surface area contributed by atoms with E-state index in [1.165, 1.54) is 42.3 Å². The summed E-state index contributed by atoms with van der Waals surface area (Å²) in [5, 5.41) is 38.6. The molecule has 34 nitrogen and oxygen atoms in total. The van der Waals surface area contributed by atoms with Crippen molar-refractivity contribution in [2.75, 3.05) is 141 Å². The number of pyridine rings is 1. The van der Waals surface area contributed by atoms with E-state index in [0.29, 0.717) is 159 Å². The van der Waals surface area contributed by atoms with E-state index in [4.69, 9.17) is 43.6 Å². The van der Waals surface area contributed by atoms with E-state index in [9.17, 15) is 62.1 Å². The van der Waals surface area contributed by atoms with E-state index < -0.39 is 146 Å². The number of Topliss-reactive ketones (excluding diaryl/α,β-unsaturated/α-hetero) is 2.